The van der Waals surface area contributed by atoms with E-state index in [9.17, 15) is 14.9 Å². The van der Waals surface area contributed by atoms with Crippen molar-refractivity contribution in [3.05, 3.63) is 33.9 Å². The summed E-state index contributed by atoms with van der Waals surface area (Å²) in [5.41, 5.74) is 0.802. The van der Waals surface area contributed by atoms with Crippen LogP contribution in [0.25, 0.3) is 0 Å². The summed E-state index contributed by atoms with van der Waals surface area (Å²) in [5, 5.41) is 11.1. The quantitative estimate of drug-likeness (QED) is 0.427. The Balaban J connectivity index is 1.67. The van der Waals surface area contributed by atoms with Crippen molar-refractivity contribution in [1.82, 2.24) is 4.90 Å². The maximum absolute atomic E-state index is 12.2. The van der Waals surface area contributed by atoms with Crippen LogP contribution in [0.15, 0.2) is 18.2 Å². The summed E-state index contributed by atoms with van der Waals surface area (Å²) in [4.78, 5) is 27.3. The van der Waals surface area contributed by atoms with Crippen molar-refractivity contribution < 1.29 is 19.2 Å². The molecule has 27 heavy (non-hydrogen) atoms. The second-order valence-electron chi connectivity index (χ2n) is 7.32. The molecule has 2 fully saturated rings. The summed E-state index contributed by atoms with van der Waals surface area (Å²) in [6.07, 6.45) is 3.12. The summed E-state index contributed by atoms with van der Waals surface area (Å²) >= 11 is 0. The molecule has 0 spiro atoms. The molecule has 1 atom stereocenters. The van der Waals surface area contributed by atoms with Gasteiger partial charge in [-0.15, -0.1) is 0 Å². The molecule has 8 nitrogen and oxygen atoms in total. The minimum absolute atomic E-state index is 0.110. The van der Waals surface area contributed by atoms with Crippen LogP contribution in [-0.2, 0) is 9.47 Å². The fraction of sp³-hybridized carbons (Fsp3) is 0.632. The second kappa shape index (κ2) is 8.67. The molecular weight excluding hydrogens is 350 g/mol. The second-order valence-corrected chi connectivity index (χ2v) is 7.32. The van der Waals surface area contributed by atoms with Gasteiger partial charge in [0.1, 0.15) is 0 Å². The lowest BCUT2D eigenvalue weighted by molar-refractivity contribution is -0.384. The largest absolute Gasteiger partial charge is 0.465 e. The van der Waals surface area contributed by atoms with Gasteiger partial charge in [-0.05, 0) is 31.2 Å². The number of anilines is 1. The number of likely N-dealkylation sites (tertiary alicyclic amines) is 1. The van der Waals surface area contributed by atoms with Gasteiger partial charge in [-0.1, -0.05) is 0 Å². The summed E-state index contributed by atoms with van der Waals surface area (Å²) < 4.78 is 10.3. The summed E-state index contributed by atoms with van der Waals surface area (Å²) in [6.45, 7) is 4.84. The molecule has 2 saturated heterocycles. The molecule has 0 unspecified atom stereocenters. The van der Waals surface area contributed by atoms with Gasteiger partial charge in [-0.3, -0.25) is 10.1 Å². The summed E-state index contributed by atoms with van der Waals surface area (Å²) in [7, 11) is 3.23. The number of nitro benzene ring substituents is 1. The molecule has 148 valence electrons. The third-order valence-corrected chi connectivity index (χ3v) is 5.62. The van der Waals surface area contributed by atoms with Crippen molar-refractivity contribution in [2.75, 3.05) is 51.9 Å². The van der Waals surface area contributed by atoms with Crippen molar-refractivity contribution in [2.45, 2.75) is 25.3 Å². The predicted octanol–water partition coefficient (Wildman–Crippen LogP) is 2.32. The molecule has 3 rings (SSSR count). The van der Waals surface area contributed by atoms with E-state index in [4.69, 9.17) is 9.47 Å². The lowest BCUT2D eigenvalue weighted by Crippen LogP contribution is -2.45. The van der Waals surface area contributed by atoms with E-state index in [2.05, 4.69) is 9.80 Å². The molecule has 2 heterocycles. The Bertz CT molecular complexity index is 682. The molecule has 2 aliphatic heterocycles. The number of carbonyl (C=O) groups is 1. The zero-order valence-electron chi connectivity index (χ0n) is 15.9. The minimum Gasteiger partial charge on any atom is -0.465 e. The van der Waals surface area contributed by atoms with Gasteiger partial charge in [0.2, 0.25) is 0 Å². The van der Waals surface area contributed by atoms with E-state index < -0.39 is 10.9 Å². The number of carbonyl (C=O) groups excluding carboxylic acids is 1. The highest BCUT2D eigenvalue weighted by atomic mass is 16.6. The lowest BCUT2D eigenvalue weighted by atomic mass is 9.99. The van der Waals surface area contributed by atoms with Crippen molar-refractivity contribution in [1.29, 1.82) is 0 Å². The standard InChI is InChI=1S/C19H27N3O5/c1-20(15-5-8-21(9-6-15)12-14-7-10-27-13-14)18-4-3-16(22(24)25)11-17(18)19(23)26-2/h3-4,11,14-15H,5-10,12-13H2,1-2H3/t14-/m1/s1. The summed E-state index contributed by atoms with van der Waals surface area (Å²) in [6, 6.07) is 4.67. The van der Waals surface area contributed by atoms with Gasteiger partial charge < -0.3 is 19.3 Å². The normalized spacial score (nSPS) is 21.2. The molecule has 0 radical (unpaired) electrons. The first-order valence-corrected chi connectivity index (χ1v) is 9.39. The van der Waals surface area contributed by atoms with Gasteiger partial charge in [0.05, 0.1) is 29.9 Å². The first-order valence-electron chi connectivity index (χ1n) is 9.39. The van der Waals surface area contributed by atoms with Gasteiger partial charge in [0.25, 0.3) is 5.69 Å². The number of nitrogens with zero attached hydrogens (tertiary/aromatic N) is 3. The Morgan fingerprint density at radius 3 is 2.70 bits per heavy atom. The van der Waals surface area contributed by atoms with E-state index in [1.165, 1.54) is 19.2 Å². The Morgan fingerprint density at radius 2 is 2.11 bits per heavy atom. The lowest BCUT2D eigenvalue weighted by Gasteiger charge is -2.39. The van der Waals surface area contributed by atoms with Crippen molar-refractivity contribution >= 4 is 17.3 Å². The average molecular weight is 377 g/mol. The third kappa shape index (κ3) is 4.56. The number of esters is 1. The highest BCUT2D eigenvalue weighted by molar-refractivity contribution is 5.96. The number of piperidine rings is 1. The number of rotatable bonds is 6. The fourth-order valence-corrected chi connectivity index (χ4v) is 4.00. The zero-order chi connectivity index (χ0) is 19.4. The van der Waals surface area contributed by atoms with Gasteiger partial charge in [0.15, 0.2) is 0 Å². The van der Waals surface area contributed by atoms with Crippen LogP contribution in [0.5, 0.6) is 0 Å². The van der Waals surface area contributed by atoms with Crippen LogP contribution in [0.3, 0.4) is 0 Å². The van der Waals surface area contributed by atoms with Crippen molar-refractivity contribution in [3.63, 3.8) is 0 Å². The van der Waals surface area contributed by atoms with E-state index in [1.54, 1.807) is 6.07 Å². The first kappa shape index (κ1) is 19.6. The van der Waals surface area contributed by atoms with E-state index in [-0.39, 0.29) is 17.3 Å². The van der Waals surface area contributed by atoms with Crippen LogP contribution in [0, 0.1) is 16.0 Å². The minimum atomic E-state index is -0.556. The number of methoxy groups -OCH3 is 1. The van der Waals surface area contributed by atoms with Crippen molar-refractivity contribution in [2.24, 2.45) is 5.92 Å². The number of non-ortho nitro benzene ring substituents is 1. The van der Waals surface area contributed by atoms with Crippen LogP contribution < -0.4 is 4.90 Å². The Hall–Kier alpha value is -2.19. The number of ether oxygens (including phenoxy) is 2. The molecule has 0 aromatic heterocycles. The van der Waals surface area contributed by atoms with Crippen LogP contribution >= 0.6 is 0 Å². The molecule has 0 saturated carbocycles. The summed E-state index contributed by atoms with van der Waals surface area (Å²) in [5.74, 6) is 0.0825. The molecule has 8 heteroatoms. The molecule has 1 aromatic carbocycles. The molecule has 2 aliphatic rings. The predicted molar refractivity (Wildman–Crippen MR) is 101 cm³/mol. The van der Waals surface area contributed by atoms with E-state index >= 15 is 0 Å². The number of nitro groups is 1. The smallest absolute Gasteiger partial charge is 0.340 e. The number of benzene rings is 1. The first-order chi connectivity index (χ1) is 13.0. The van der Waals surface area contributed by atoms with Crippen LogP contribution in [0.1, 0.15) is 29.6 Å². The maximum atomic E-state index is 12.2. The Labute approximate surface area is 159 Å². The third-order valence-electron chi connectivity index (χ3n) is 5.62. The SMILES string of the molecule is COC(=O)c1cc([N+](=O)[O-])ccc1N(C)C1CCN(C[C@H]2CCOC2)CC1. The Kier molecular flexibility index (Phi) is 6.28. The molecular formula is C19H27N3O5. The van der Waals surface area contributed by atoms with Gasteiger partial charge >= 0.3 is 5.97 Å². The highest BCUT2D eigenvalue weighted by Gasteiger charge is 2.28. The topological polar surface area (TPSA) is 85.1 Å². The van der Waals surface area contributed by atoms with Gasteiger partial charge in [0, 0.05) is 51.5 Å². The molecule has 0 bridgehead atoms. The molecule has 0 amide bonds. The van der Waals surface area contributed by atoms with E-state index in [0.29, 0.717) is 11.6 Å². The monoisotopic (exact) mass is 377 g/mol. The molecule has 0 N–H and O–H groups in total. The van der Waals surface area contributed by atoms with Gasteiger partial charge in [-0.2, -0.15) is 0 Å². The van der Waals surface area contributed by atoms with Crippen LogP contribution in [-0.4, -0.2) is 68.8 Å². The van der Waals surface area contributed by atoms with Crippen molar-refractivity contribution in [3.8, 4) is 0 Å². The average Bonchev–Trinajstić information content (AvgIpc) is 3.20. The maximum Gasteiger partial charge on any atom is 0.340 e. The highest BCUT2D eigenvalue weighted by Crippen LogP contribution is 2.29. The molecule has 0 aliphatic carbocycles. The zero-order valence-corrected chi connectivity index (χ0v) is 15.9. The van der Waals surface area contributed by atoms with E-state index in [0.717, 1.165) is 52.1 Å². The van der Waals surface area contributed by atoms with E-state index in [1.807, 2.05) is 7.05 Å². The number of hydrogen-bond donors (Lipinski definition) is 0. The fourth-order valence-electron chi connectivity index (χ4n) is 4.00. The Morgan fingerprint density at radius 1 is 1.37 bits per heavy atom. The molecule has 1 aromatic rings. The van der Waals surface area contributed by atoms with Crippen LogP contribution in [0.4, 0.5) is 11.4 Å². The number of hydrogen-bond acceptors (Lipinski definition) is 7. The van der Waals surface area contributed by atoms with Crippen LogP contribution in [0.2, 0.25) is 0 Å². The van der Waals surface area contributed by atoms with Gasteiger partial charge in [-0.25, -0.2) is 4.79 Å².